The molecule has 2 fully saturated rings. The van der Waals surface area contributed by atoms with Gasteiger partial charge in [0.05, 0.1) is 6.61 Å². The number of hydrogen-bond donors (Lipinski definition) is 0. The largest absolute Gasteiger partial charge is 0.367 e. The Hall–Kier alpha value is -2.67. The van der Waals surface area contributed by atoms with E-state index in [1.165, 1.54) is 12.8 Å². The minimum Gasteiger partial charge on any atom is -0.367 e. The molecule has 1 aromatic carbocycles. The van der Waals surface area contributed by atoms with Crippen molar-refractivity contribution >= 4 is 17.7 Å². The molecule has 0 radical (unpaired) electrons. The van der Waals surface area contributed by atoms with Gasteiger partial charge in [-0.15, -0.1) is 0 Å². The van der Waals surface area contributed by atoms with Gasteiger partial charge in [-0.3, -0.25) is 4.79 Å². The zero-order valence-corrected chi connectivity index (χ0v) is 17.1. The number of rotatable bonds is 6. The van der Waals surface area contributed by atoms with Gasteiger partial charge in [-0.1, -0.05) is 30.3 Å². The third kappa shape index (κ3) is 5.03. The molecular weight excluding hydrogens is 366 g/mol. The quantitative estimate of drug-likeness (QED) is 0.748. The van der Waals surface area contributed by atoms with E-state index in [0.717, 1.165) is 49.2 Å². The standard InChI is InChI=1S/C22H29N5O2/c1-18-15-20(25-9-5-6-10-25)24-22(23-18)27-13-11-26(12-14-27)21(28)17-29-16-19-7-3-2-4-8-19/h2-4,7-8,15H,5-6,9-14,16-17H2,1H3. The highest BCUT2D eigenvalue weighted by Gasteiger charge is 2.24. The van der Waals surface area contributed by atoms with Gasteiger partial charge in [0.25, 0.3) is 0 Å². The molecule has 29 heavy (non-hydrogen) atoms. The smallest absolute Gasteiger partial charge is 0.248 e. The minimum atomic E-state index is 0.0449. The molecule has 0 bridgehead atoms. The van der Waals surface area contributed by atoms with Crippen molar-refractivity contribution in [3.8, 4) is 0 Å². The minimum absolute atomic E-state index is 0.0449. The lowest BCUT2D eigenvalue weighted by Crippen LogP contribution is -2.50. The summed E-state index contributed by atoms with van der Waals surface area (Å²) in [5, 5.41) is 0. The van der Waals surface area contributed by atoms with Gasteiger partial charge in [0.1, 0.15) is 12.4 Å². The van der Waals surface area contributed by atoms with E-state index >= 15 is 0 Å². The first kappa shape index (κ1) is 19.6. The average molecular weight is 396 g/mol. The maximum atomic E-state index is 12.5. The summed E-state index contributed by atoms with van der Waals surface area (Å²) in [6, 6.07) is 12.0. The van der Waals surface area contributed by atoms with Crippen molar-refractivity contribution in [2.24, 2.45) is 0 Å². The van der Waals surface area contributed by atoms with Gasteiger partial charge in [-0.2, -0.15) is 4.98 Å². The number of carbonyl (C=O) groups is 1. The number of benzene rings is 1. The van der Waals surface area contributed by atoms with Gasteiger partial charge >= 0.3 is 0 Å². The summed E-state index contributed by atoms with van der Waals surface area (Å²) in [5.74, 6) is 1.85. The van der Waals surface area contributed by atoms with Crippen molar-refractivity contribution in [2.75, 3.05) is 55.7 Å². The van der Waals surface area contributed by atoms with Gasteiger partial charge in [0, 0.05) is 51.0 Å². The molecule has 2 aliphatic heterocycles. The molecular formula is C22H29N5O2. The second-order valence-electron chi connectivity index (χ2n) is 7.71. The fourth-order valence-electron chi connectivity index (χ4n) is 3.86. The summed E-state index contributed by atoms with van der Waals surface area (Å²) < 4.78 is 5.60. The van der Waals surface area contributed by atoms with Crippen molar-refractivity contribution in [2.45, 2.75) is 26.4 Å². The van der Waals surface area contributed by atoms with Gasteiger partial charge in [-0.05, 0) is 25.3 Å². The lowest BCUT2D eigenvalue weighted by molar-refractivity contribution is -0.136. The van der Waals surface area contributed by atoms with E-state index in [-0.39, 0.29) is 12.5 Å². The molecule has 2 aromatic rings. The van der Waals surface area contributed by atoms with E-state index in [9.17, 15) is 4.79 Å². The van der Waals surface area contributed by atoms with Crippen molar-refractivity contribution in [3.05, 3.63) is 47.7 Å². The van der Waals surface area contributed by atoms with Crippen LogP contribution in [0.2, 0.25) is 0 Å². The molecule has 7 heteroatoms. The van der Waals surface area contributed by atoms with Crippen molar-refractivity contribution in [1.29, 1.82) is 0 Å². The number of amides is 1. The number of piperazine rings is 1. The lowest BCUT2D eigenvalue weighted by atomic mass is 10.2. The van der Waals surface area contributed by atoms with Crippen LogP contribution >= 0.6 is 0 Å². The number of carbonyl (C=O) groups excluding carboxylic acids is 1. The van der Waals surface area contributed by atoms with Gasteiger partial charge in [0.2, 0.25) is 11.9 Å². The first-order valence-corrected chi connectivity index (χ1v) is 10.4. The number of aromatic nitrogens is 2. The molecule has 0 spiro atoms. The monoisotopic (exact) mass is 395 g/mol. The lowest BCUT2D eigenvalue weighted by Gasteiger charge is -2.35. The van der Waals surface area contributed by atoms with E-state index in [0.29, 0.717) is 19.7 Å². The topological polar surface area (TPSA) is 61.8 Å². The first-order chi connectivity index (χ1) is 14.2. The third-order valence-electron chi connectivity index (χ3n) is 5.51. The van der Waals surface area contributed by atoms with Crippen LogP contribution in [0.25, 0.3) is 0 Å². The molecule has 7 nitrogen and oxygen atoms in total. The maximum absolute atomic E-state index is 12.5. The number of ether oxygens (including phenoxy) is 1. The highest BCUT2D eigenvalue weighted by Crippen LogP contribution is 2.22. The second-order valence-corrected chi connectivity index (χ2v) is 7.71. The summed E-state index contributed by atoms with van der Waals surface area (Å²) in [7, 11) is 0. The van der Waals surface area contributed by atoms with Crippen LogP contribution in [0, 0.1) is 6.92 Å². The Bertz CT molecular complexity index is 815. The second kappa shape index (κ2) is 9.22. The molecule has 1 aromatic heterocycles. The van der Waals surface area contributed by atoms with Crippen LogP contribution in [0.4, 0.5) is 11.8 Å². The molecule has 154 valence electrons. The van der Waals surface area contributed by atoms with Gasteiger partial charge < -0.3 is 19.4 Å². The number of hydrogen-bond acceptors (Lipinski definition) is 6. The highest BCUT2D eigenvalue weighted by atomic mass is 16.5. The average Bonchev–Trinajstić information content (AvgIpc) is 3.29. The summed E-state index contributed by atoms with van der Waals surface area (Å²) in [5.41, 5.74) is 2.07. The van der Waals surface area contributed by atoms with Crippen LogP contribution in [0.15, 0.2) is 36.4 Å². The van der Waals surface area contributed by atoms with E-state index in [1.807, 2.05) is 42.2 Å². The van der Waals surface area contributed by atoms with E-state index < -0.39 is 0 Å². The first-order valence-electron chi connectivity index (χ1n) is 10.4. The molecule has 3 heterocycles. The molecule has 4 rings (SSSR count). The molecule has 1 amide bonds. The molecule has 2 aliphatic rings. The number of anilines is 2. The molecule has 2 saturated heterocycles. The predicted molar refractivity (Wildman–Crippen MR) is 113 cm³/mol. The van der Waals surface area contributed by atoms with Crippen LogP contribution in [-0.4, -0.2) is 66.7 Å². The Kier molecular flexibility index (Phi) is 6.24. The van der Waals surface area contributed by atoms with E-state index in [2.05, 4.69) is 20.9 Å². The Morgan fingerprint density at radius 1 is 0.966 bits per heavy atom. The predicted octanol–water partition coefficient (Wildman–Crippen LogP) is 2.25. The molecule has 0 saturated carbocycles. The van der Waals surface area contributed by atoms with E-state index in [1.54, 1.807) is 0 Å². The summed E-state index contributed by atoms with van der Waals surface area (Å²) in [4.78, 5) is 28.3. The maximum Gasteiger partial charge on any atom is 0.248 e. The molecule has 0 atom stereocenters. The third-order valence-corrected chi connectivity index (χ3v) is 5.51. The van der Waals surface area contributed by atoms with Crippen LogP contribution < -0.4 is 9.80 Å². The fourth-order valence-corrected chi connectivity index (χ4v) is 3.86. The van der Waals surface area contributed by atoms with Crippen LogP contribution in [0.5, 0.6) is 0 Å². The molecule has 0 aliphatic carbocycles. The summed E-state index contributed by atoms with van der Waals surface area (Å²) in [6.45, 7) is 7.57. The van der Waals surface area contributed by atoms with Crippen molar-refractivity contribution in [1.82, 2.24) is 14.9 Å². The number of aryl methyl sites for hydroxylation is 1. The summed E-state index contributed by atoms with van der Waals surface area (Å²) in [6.07, 6.45) is 2.46. The zero-order valence-electron chi connectivity index (χ0n) is 17.1. The highest BCUT2D eigenvalue weighted by molar-refractivity contribution is 5.77. The molecule has 0 unspecified atom stereocenters. The van der Waals surface area contributed by atoms with Crippen LogP contribution in [0.3, 0.4) is 0 Å². The van der Waals surface area contributed by atoms with Gasteiger partial charge in [0.15, 0.2) is 0 Å². The Labute approximate surface area is 172 Å². The van der Waals surface area contributed by atoms with E-state index in [4.69, 9.17) is 9.72 Å². The van der Waals surface area contributed by atoms with Crippen LogP contribution in [-0.2, 0) is 16.1 Å². The summed E-state index contributed by atoms with van der Waals surface area (Å²) >= 11 is 0. The van der Waals surface area contributed by atoms with Crippen LogP contribution in [0.1, 0.15) is 24.1 Å². The Balaban J connectivity index is 1.28. The SMILES string of the molecule is Cc1cc(N2CCCC2)nc(N2CCN(C(=O)COCc3ccccc3)CC2)n1. The Morgan fingerprint density at radius 3 is 2.41 bits per heavy atom. The number of nitrogens with zero attached hydrogens (tertiary/aromatic N) is 5. The van der Waals surface area contributed by atoms with Crippen molar-refractivity contribution in [3.63, 3.8) is 0 Å². The van der Waals surface area contributed by atoms with Gasteiger partial charge in [-0.25, -0.2) is 4.98 Å². The normalized spacial score (nSPS) is 17.1. The zero-order chi connectivity index (χ0) is 20.1. The Morgan fingerprint density at radius 2 is 1.69 bits per heavy atom. The molecule has 0 N–H and O–H groups in total. The fraction of sp³-hybridized carbons (Fsp3) is 0.500. The van der Waals surface area contributed by atoms with Crippen molar-refractivity contribution < 1.29 is 9.53 Å².